The molecule has 0 amide bonds. The Morgan fingerprint density at radius 2 is 0.895 bits per heavy atom. The summed E-state index contributed by atoms with van der Waals surface area (Å²) in [5.74, 6) is -0.877. The maximum absolute atomic E-state index is 12.6. The van der Waals surface area contributed by atoms with Crippen molar-refractivity contribution in [2.24, 2.45) is 5.73 Å². The van der Waals surface area contributed by atoms with Crippen LogP contribution in [-0.2, 0) is 32.7 Å². The number of hydrogen-bond donors (Lipinski definition) is 2. The first-order valence-electron chi connectivity index (χ1n) is 23.8. The fourth-order valence-corrected chi connectivity index (χ4v) is 7.53. The quantitative estimate of drug-likeness (QED) is 0.0266. The highest BCUT2D eigenvalue weighted by Crippen LogP contribution is 2.43. The minimum Gasteiger partial charge on any atom is -0.462 e. The first-order chi connectivity index (χ1) is 27.8. The highest BCUT2D eigenvalue weighted by molar-refractivity contribution is 7.47. The molecule has 0 rings (SSSR count). The van der Waals surface area contributed by atoms with Gasteiger partial charge in [-0.25, -0.2) is 4.57 Å². The zero-order valence-electron chi connectivity index (χ0n) is 37.1. The van der Waals surface area contributed by atoms with E-state index in [0.717, 1.165) is 32.1 Å². The van der Waals surface area contributed by atoms with Crippen LogP contribution in [0.1, 0.15) is 232 Å². The Hall–Kier alpha value is -1.51. The lowest BCUT2D eigenvalue weighted by atomic mass is 10.0. The first kappa shape index (κ1) is 55.5. The van der Waals surface area contributed by atoms with Crippen LogP contribution in [0.25, 0.3) is 0 Å². The Morgan fingerprint density at radius 1 is 0.509 bits per heavy atom. The van der Waals surface area contributed by atoms with E-state index in [1.165, 1.54) is 161 Å². The second-order valence-corrected chi connectivity index (χ2v) is 17.4. The van der Waals surface area contributed by atoms with Gasteiger partial charge >= 0.3 is 19.8 Å². The Balaban J connectivity index is 4.09. The smallest absolute Gasteiger partial charge is 0.462 e. The van der Waals surface area contributed by atoms with Gasteiger partial charge in [0.1, 0.15) is 6.61 Å². The second kappa shape index (κ2) is 44.1. The Bertz CT molecular complexity index is 990. The highest BCUT2D eigenvalue weighted by Gasteiger charge is 2.26. The lowest BCUT2D eigenvalue weighted by molar-refractivity contribution is -0.161. The van der Waals surface area contributed by atoms with Gasteiger partial charge < -0.3 is 20.1 Å². The number of rotatable bonds is 45. The molecule has 0 aliphatic carbocycles. The third kappa shape index (κ3) is 43.9. The number of ether oxygens (including phenoxy) is 2. The normalized spacial score (nSPS) is 13.4. The monoisotopic (exact) mass is 828 g/mol. The van der Waals surface area contributed by atoms with Crippen LogP contribution >= 0.6 is 7.82 Å². The van der Waals surface area contributed by atoms with Crippen molar-refractivity contribution in [1.82, 2.24) is 0 Å². The lowest BCUT2D eigenvalue weighted by Gasteiger charge is -2.19. The third-order valence-corrected chi connectivity index (χ3v) is 11.3. The summed E-state index contributed by atoms with van der Waals surface area (Å²) in [6.45, 7) is 3.72. The molecule has 0 aromatic heterocycles. The van der Waals surface area contributed by atoms with E-state index in [4.69, 9.17) is 24.3 Å². The number of carbonyl (C=O) groups excluding carboxylic acids is 2. The Morgan fingerprint density at radius 3 is 1.32 bits per heavy atom. The average molecular weight is 828 g/mol. The maximum Gasteiger partial charge on any atom is 0.472 e. The number of esters is 2. The zero-order valence-corrected chi connectivity index (χ0v) is 38.0. The lowest BCUT2D eigenvalue weighted by Crippen LogP contribution is -2.29. The minimum atomic E-state index is -4.38. The van der Waals surface area contributed by atoms with Gasteiger partial charge in [-0.15, -0.1) is 0 Å². The number of unbranched alkanes of at least 4 members (excludes halogenated alkanes) is 28. The van der Waals surface area contributed by atoms with Crippen molar-refractivity contribution >= 4 is 19.8 Å². The molecule has 0 aliphatic heterocycles. The van der Waals surface area contributed by atoms with Crippen molar-refractivity contribution in [1.29, 1.82) is 0 Å². The van der Waals surface area contributed by atoms with Gasteiger partial charge in [-0.1, -0.05) is 192 Å². The van der Waals surface area contributed by atoms with Gasteiger partial charge in [-0.05, 0) is 51.4 Å². The molecule has 0 heterocycles. The molecule has 9 nitrogen and oxygen atoms in total. The molecule has 0 bridgehead atoms. The molecule has 0 saturated carbocycles. The van der Waals surface area contributed by atoms with Crippen LogP contribution < -0.4 is 5.73 Å². The number of hydrogen-bond acceptors (Lipinski definition) is 8. The SMILES string of the molecule is CCCCCCCC/C=C/CCCCCCCCCCCCCC(=O)O[C@H](COC(=O)CC/C=C/CCCCCCCCCCCCC)COP(=O)(O)OCCN. The predicted molar refractivity (Wildman–Crippen MR) is 238 cm³/mol. The molecule has 0 aromatic carbocycles. The molecule has 10 heteroatoms. The largest absolute Gasteiger partial charge is 0.472 e. The topological polar surface area (TPSA) is 134 Å². The van der Waals surface area contributed by atoms with Gasteiger partial charge in [-0.3, -0.25) is 18.6 Å². The Labute approximate surface area is 351 Å². The van der Waals surface area contributed by atoms with E-state index in [9.17, 15) is 19.0 Å². The van der Waals surface area contributed by atoms with Crippen LogP contribution in [0.5, 0.6) is 0 Å². The molecule has 0 radical (unpaired) electrons. The van der Waals surface area contributed by atoms with Crippen LogP contribution in [0.3, 0.4) is 0 Å². The fourth-order valence-electron chi connectivity index (χ4n) is 6.77. The number of phosphoric ester groups is 1. The van der Waals surface area contributed by atoms with E-state index in [-0.39, 0.29) is 32.6 Å². The van der Waals surface area contributed by atoms with Crippen LogP contribution in [0, 0.1) is 0 Å². The number of nitrogens with two attached hydrogens (primary N) is 1. The van der Waals surface area contributed by atoms with Crippen LogP contribution in [0.4, 0.5) is 0 Å². The minimum absolute atomic E-state index is 0.0510. The molecule has 3 N–H and O–H groups in total. The summed E-state index contributed by atoms with van der Waals surface area (Å²) >= 11 is 0. The fraction of sp³-hybridized carbons (Fsp3) is 0.872. The number of phosphoric acid groups is 1. The van der Waals surface area contributed by atoms with Gasteiger partial charge in [0.05, 0.1) is 13.2 Å². The molecule has 336 valence electrons. The molecule has 0 aliphatic rings. The van der Waals surface area contributed by atoms with E-state index >= 15 is 0 Å². The van der Waals surface area contributed by atoms with Crippen molar-refractivity contribution in [3.63, 3.8) is 0 Å². The average Bonchev–Trinajstić information content (AvgIpc) is 3.20. The van der Waals surface area contributed by atoms with Gasteiger partial charge in [0, 0.05) is 19.4 Å². The molecule has 0 spiro atoms. The molecular weight excluding hydrogens is 737 g/mol. The molecule has 0 aromatic rings. The summed E-state index contributed by atoms with van der Waals surface area (Å²) in [6.07, 6.45) is 48.0. The zero-order chi connectivity index (χ0) is 41.8. The molecule has 1 unspecified atom stereocenters. The highest BCUT2D eigenvalue weighted by atomic mass is 31.2. The number of allylic oxidation sites excluding steroid dienone is 4. The summed E-state index contributed by atoms with van der Waals surface area (Å²) in [4.78, 5) is 34.9. The van der Waals surface area contributed by atoms with Crippen LogP contribution in [0.2, 0.25) is 0 Å². The number of carbonyl (C=O) groups is 2. The summed E-state index contributed by atoms with van der Waals surface area (Å²) < 4.78 is 32.8. The summed E-state index contributed by atoms with van der Waals surface area (Å²) in [5.41, 5.74) is 5.35. The third-order valence-electron chi connectivity index (χ3n) is 10.3. The molecule has 0 saturated heterocycles. The molecular formula is C47H90NO8P. The van der Waals surface area contributed by atoms with Crippen molar-refractivity contribution in [2.75, 3.05) is 26.4 Å². The molecule has 57 heavy (non-hydrogen) atoms. The maximum atomic E-state index is 12.6. The molecule has 2 atom stereocenters. The van der Waals surface area contributed by atoms with E-state index in [1.54, 1.807) is 0 Å². The van der Waals surface area contributed by atoms with E-state index < -0.39 is 32.5 Å². The van der Waals surface area contributed by atoms with Gasteiger partial charge in [0.2, 0.25) is 0 Å². The second-order valence-electron chi connectivity index (χ2n) is 16.0. The van der Waals surface area contributed by atoms with E-state index in [2.05, 4.69) is 32.1 Å². The standard InChI is InChI=1S/C47H90NO8P/c1-3-5-7-9-11-13-15-17-19-20-21-22-23-24-26-28-30-32-34-36-38-40-47(50)56-45(44-55-57(51,52)54-42-41-48)43-53-46(49)39-37-35-33-31-29-27-25-18-16-14-12-10-8-6-4-2/h17,19,33,35,45H,3-16,18,20-32,34,36-44,48H2,1-2H3,(H,51,52)/b19-17+,35-33+/t45-/m1/s1. The summed E-state index contributed by atoms with van der Waals surface area (Å²) in [5, 5.41) is 0. The van der Waals surface area contributed by atoms with Crippen LogP contribution in [0.15, 0.2) is 24.3 Å². The van der Waals surface area contributed by atoms with Gasteiger partial charge in [-0.2, -0.15) is 0 Å². The summed E-state index contributed by atoms with van der Waals surface area (Å²) in [7, 11) is -4.38. The van der Waals surface area contributed by atoms with E-state index in [0.29, 0.717) is 12.8 Å². The van der Waals surface area contributed by atoms with Gasteiger partial charge in [0.25, 0.3) is 0 Å². The van der Waals surface area contributed by atoms with Gasteiger partial charge in [0.15, 0.2) is 6.10 Å². The molecule has 0 fully saturated rings. The van der Waals surface area contributed by atoms with Crippen molar-refractivity contribution in [2.45, 2.75) is 238 Å². The Kier molecular flexibility index (Phi) is 42.9. The van der Waals surface area contributed by atoms with E-state index in [1.807, 2.05) is 6.08 Å². The summed E-state index contributed by atoms with van der Waals surface area (Å²) in [6, 6.07) is 0. The predicted octanol–water partition coefficient (Wildman–Crippen LogP) is 13.9. The first-order valence-corrected chi connectivity index (χ1v) is 25.3. The van der Waals surface area contributed by atoms with Crippen LogP contribution in [-0.4, -0.2) is 49.3 Å². The van der Waals surface area contributed by atoms with Crippen molar-refractivity contribution in [3.8, 4) is 0 Å². The van der Waals surface area contributed by atoms with Crippen molar-refractivity contribution < 1.29 is 37.6 Å². The van der Waals surface area contributed by atoms with Crippen molar-refractivity contribution in [3.05, 3.63) is 24.3 Å².